The lowest BCUT2D eigenvalue weighted by Crippen LogP contribution is -2.22. The molecule has 148 valence electrons. The molecule has 0 aromatic heterocycles. The zero-order valence-electron chi connectivity index (χ0n) is 14.7. The third-order valence-electron chi connectivity index (χ3n) is 3.80. The second-order valence-electron chi connectivity index (χ2n) is 5.80. The summed E-state index contributed by atoms with van der Waals surface area (Å²) in [4.78, 5) is 14.2. The number of nitro groups is 1. The van der Waals surface area contributed by atoms with Gasteiger partial charge < -0.3 is 5.11 Å². The summed E-state index contributed by atoms with van der Waals surface area (Å²) >= 11 is 3.24. The van der Waals surface area contributed by atoms with Crippen LogP contribution < -0.4 is 9.83 Å². The Morgan fingerprint density at radius 3 is 2.38 bits per heavy atom. The third kappa shape index (κ3) is 4.98. The Morgan fingerprint density at radius 1 is 1.00 bits per heavy atom. The number of anilines is 1. The van der Waals surface area contributed by atoms with Gasteiger partial charge >= 0.3 is 0 Å². The van der Waals surface area contributed by atoms with Crippen LogP contribution in [-0.4, -0.2) is 19.2 Å². The van der Waals surface area contributed by atoms with E-state index in [1.807, 2.05) is 0 Å². The third-order valence-corrected chi connectivity index (χ3v) is 5.71. The van der Waals surface area contributed by atoms with Crippen LogP contribution in [0.2, 0.25) is 0 Å². The number of para-hydroxylation sites is 1. The highest BCUT2D eigenvalue weighted by molar-refractivity contribution is 9.10. The summed E-state index contributed by atoms with van der Waals surface area (Å²) in [6.07, 6.45) is 0. The van der Waals surface area contributed by atoms with Crippen molar-refractivity contribution in [1.29, 1.82) is 0 Å². The van der Waals surface area contributed by atoms with Gasteiger partial charge in [-0.25, -0.2) is 8.42 Å². The van der Waals surface area contributed by atoms with Gasteiger partial charge in [-0.3, -0.25) is 19.8 Å². The van der Waals surface area contributed by atoms with Crippen molar-refractivity contribution < 1.29 is 18.4 Å². The smallest absolute Gasteiger partial charge is 0.271 e. The molecular formula is C19H13BrN3O5S-. The number of nitrogens with zero attached hydrogens (tertiary/aromatic N) is 2. The highest BCUT2D eigenvalue weighted by atomic mass is 79.9. The van der Waals surface area contributed by atoms with E-state index in [0.717, 1.165) is 10.5 Å². The summed E-state index contributed by atoms with van der Waals surface area (Å²) in [6, 6.07) is 17.3. The molecule has 1 N–H and O–H groups in total. The SMILES string of the molecule is O=[N+]([O-])c1cccc(N=C([O-])c2ccccc2NS(=O)(=O)c2ccc(Br)cc2)c1. The van der Waals surface area contributed by atoms with Crippen molar-refractivity contribution in [3.63, 3.8) is 0 Å². The highest BCUT2D eigenvalue weighted by Crippen LogP contribution is 2.24. The Bertz CT molecular complexity index is 1190. The van der Waals surface area contributed by atoms with Crippen LogP contribution in [0.1, 0.15) is 5.56 Å². The first kappa shape index (κ1) is 20.5. The van der Waals surface area contributed by atoms with Gasteiger partial charge in [-0.1, -0.05) is 40.2 Å². The monoisotopic (exact) mass is 474 g/mol. The fraction of sp³-hybridized carbons (Fsp3) is 0. The molecule has 0 aliphatic heterocycles. The Labute approximate surface area is 174 Å². The molecule has 0 spiro atoms. The van der Waals surface area contributed by atoms with E-state index in [4.69, 9.17) is 0 Å². The largest absolute Gasteiger partial charge is 0.858 e. The van der Waals surface area contributed by atoms with Crippen LogP contribution in [0.4, 0.5) is 17.1 Å². The van der Waals surface area contributed by atoms with Crippen molar-refractivity contribution in [2.24, 2.45) is 4.99 Å². The van der Waals surface area contributed by atoms with Gasteiger partial charge in [-0.15, -0.1) is 0 Å². The molecule has 0 amide bonds. The van der Waals surface area contributed by atoms with Crippen molar-refractivity contribution in [2.75, 3.05) is 4.72 Å². The number of hydrogen-bond donors (Lipinski definition) is 1. The van der Waals surface area contributed by atoms with Crippen LogP contribution in [0.5, 0.6) is 0 Å². The van der Waals surface area contributed by atoms with Gasteiger partial charge in [0, 0.05) is 22.2 Å². The molecule has 10 heteroatoms. The van der Waals surface area contributed by atoms with Crippen molar-refractivity contribution in [3.8, 4) is 0 Å². The van der Waals surface area contributed by atoms with Crippen molar-refractivity contribution in [3.05, 3.63) is 92.9 Å². The van der Waals surface area contributed by atoms with E-state index in [-0.39, 0.29) is 27.5 Å². The first-order valence-electron chi connectivity index (χ1n) is 8.14. The minimum Gasteiger partial charge on any atom is -0.858 e. The zero-order valence-corrected chi connectivity index (χ0v) is 17.1. The molecule has 0 saturated carbocycles. The molecule has 8 nitrogen and oxygen atoms in total. The molecular weight excluding hydrogens is 462 g/mol. The number of nitrogens with one attached hydrogen (secondary N) is 1. The van der Waals surface area contributed by atoms with Gasteiger partial charge in [0.25, 0.3) is 15.7 Å². The Kier molecular flexibility index (Phi) is 5.95. The summed E-state index contributed by atoms with van der Waals surface area (Å²) in [5.74, 6) is -0.736. The number of aliphatic imine (C=N–C) groups is 1. The van der Waals surface area contributed by atoms with E-state index >= 15 is 0 Å². The van der Waals surface area contributed by atoms with E-state index in [9.17, 15) is 23.6 Å². The Balaban J connectivity index is 1.95. The van der Waals surface area contributed by atoms with E-state index in [1.54, 1.807) is 24.3 Å². The average Bonchev–Trinajstić information content (AvgIpc) is 2.68. The predicted octanol–water partition coefficient (Wildman–Crippen LogP) is 3.60. The van der Waals surface area contributed by atoms with Gasteiger partial charge in [0.2, 0.25) is 0 Å². The molecule has 0 bridgehead atoms. The molecule has 29 heavy (non-hydrogen) atoms. The van der Waals surface area contributed by atoms with Gasteiger partial charge in [0.05, 0.1) is 21.2 Å². The number of hydrogen-bond acceptors (Lipinski definition) is 6. The normalized spacial score (nSPS) is 11.8. The maximum Gasteiger partial charge on any atom is 0.271 e. The van der Waals surface area contributed by atoms with Gasteiger partial charge in [-0.2, -0.15) is 0 Å². The predicted molar refractivity (Wildman–Crippen MR) is 111 cm³/mol. The molecule has 3 aromatic rings. The van der Waals surface area contributed by atoms with E-state index in [1.165, 1.54) is 42.5 Å². The van der Waals surface area contributed by atoms with Gasteiger partial charge in [0.15, 0.2) is 0 Å². The number of benzene rings is 3. The van der Waals surface area contributed by atoms with Crippen molar-refractivity contribution in [2.45, 2.75) is 4.90 Å². The second-order valence-corrected chi connectivity index (χ2v) is 8.40. The minimum absolute atomic E-state index is 0.0136. The number of non-ortho nitro benzene ring substituents is 1. The Hall–Kier alpha value is -3.24. The molecule has 0 fully saturated rings. The van der Waals surface area contributed by atoms with E-state index < -0.39 is 20.8 Å². The molecule has 0 aliphatic rings. The summed E-state index contributed by atoms with van der Waals surface area (Å²) in [5, 5.41) is 23.5. The molecule has 3 aromatic carbocycles. The van der Waals surface area contributed by atoms with Crippen molar-refractivity contribution >= 4 is 48.9 Å². The fourth-order valence-electron chi connectivity index (χ4n) is 2.43. The summed E-state index contributed by atoms with van der Waals surface area (Å²) < 4.78 is 28.4. The lowest BCUT2D eigenvalue weighted by atomic mass is 10.2. The highest BCUT2D eigenvalue weighted by Gasteiger charge is 2.16. The molecule has 0 heterocycles. The molecule has 0 radical (unpaired) electrons. The van der Waals surface area contributed by atoms with Crippen molar-refractivity contribution in [1.82, 2.24) is 0 Å². The van der Waals surface area contributed by atoms with Gasteiger partial charge in [0.1, 0.15) is 0 Å². The van der Waals surface area contributed by atoms with E-state index in [0.29, 0.717) is 0 Å². The van der Waals surface area contributed by atoms with Crippen LogP contribution in [0.15, 0.2) is 87.2 Å². The molecule has 0 atom stereocenters. The van der Waals surface area contributed by atoms with Crippen LogP contribution in [0, 0.1) is 10.1 Å². The quantitative estimate of drug-likeness (QED) is 0.253. The molecule has 3 rings (SSSR count). The minimum atomic E-state index is -3.93. The summed E-state index contributed by atoms with van der Waals surface area (Å²) in [6.45, 7) is 0. The van der Waals surface area contributed by atoms with Crippen LogP contribution >= 0.6 is 15.9 Å². The molecule has 0 saturated heterocycles. The van der Waals surface area contributed by atoms with Crippen LogP contribution in [0.25, 0.3) is 0 Å². The number of sulfonamides is 1. The van der Waals surface area contributed by atoms with E-state index in [2.05, 4.69) is 25.6 Å². The first-order chi connectivity index (χ1) is 13.8. The van der Waals surface area contributed by atoms with Crippen LogP contribution in [0.3, 0.4) is 0 Å². The second kappa shape index (κ2) is 8.41. The lowest BCUT2D eigenvalue weighted by molar-refractivity contribution is -0.384. The number of rotatable bonds is 6. The lowest BCUT2D eigenvalue weighted by Gasteiger charge is -2.17. The Morgan fingerprint density at radius 2 is 1.69 bits per heavy atom. The van der Waals surface area contributed by atoms with Gasteiger partial charge in [-0.05, 0) is 42.3 Å². The zero-order chi connectivity index (χ0) is 21.0. The molecule has 0 unspecified atom stereocenters. The number of halogens is 1. The first-order valence-corrected chi connectivity index (χ1v) is 10.4. The molecule has 0 aliphatic carbocycles. The summed E-state index contributed by atoms with van der Waals surface area (Å²) in [5.41, 5.74) is -0.0488. The number of nitro benzene ring substituents is 1. The average molecular weight is 475 g/mol. The van der Waals surface area contributed by atoms with Crippen LogP contribution in [-0.2, 0) is 10.0 Å². The standard InChI is InChI=1S/C19H14BrN3O5S/c20-13-8-10-16(11-9-13)29(27,28)22-18-7-2-1-6-17(18)19(24)21-14-4-3-5-15(12-14)23(25)26/h1-12,22H,(H,21,24)/p-1. The maximum atomic E-state index is 12.6. The summed E-state index contributed by atoms with van der Waals surface area (Å²) in [7, 11) is -3.93. The fourth-order valence-corrected chi connectivity index (χ4v) is 3.77. The maximum absolute atomic E-state index is 12.6. The topological polar surface area (TPSA) is 125 Å².